The number of hydrogen-bond acceptors (Lipinski definition) is 3. The standard InChI is InChI=1S/C18H24ClNO3/c1-2-3-4-5-6-7-10-20-16-9-8-14(19)13-15(16)18(17(20)21)22-11-12-23-18/h8-9,13H,2-7,10-12H2,1H3. The van der Waals surface area contributed by atoms with Crippen LogP contribution in [0.1, 0.15) is 51.0 Å². The Balaban J connectivity index is 1.71. The maximum atomic E-state index is 12.9. The normalized spacial score (nSPS) is 18.9. The van der Waals surface area contributed by atoms with E-state index in [4.69, 9.17) is 21.1 Å². The second-order valence-corrected chi connectivity index (χ2v) is 6.64. The fraction of sp³-hybridized carbons (Fsp3) is 0.611. The Hall–Kier alpha value is -1.10. The van der Waals surface area contributed by atoms with Crippen molar-refractivity contribution < 1.29 is 14.3 Å². The molecule has 4 nitrogen and oxygen atoms in total. The number of anilines is 1. The molecule has 1 spiro atoms. The maximum Gasteiger partial charge on any atom is 0.292 e. The molecule has 0 bridgehead atoms. The minimum Gasteiger partial charge on any atom is -0.336 e. The van der Waals surface area contributed by atoms with Crippen molar-refractivity contribution in [2.24, 2.45) is 0 Å². The highest BCUT2D eigenvalue weighted by Gasteiger charge is 2.55. The van der Waals surface area contributed by atoms with Gasteiger partial charge in [0.25, 0.3) is 11.7 Å². The Morgan fingerprint density at radius 2 is 1.83 bits per heavy atom. The number of carbonyl (C=O) groups is 1. The van der Waals surface area contributed by atoms with E-state index < -0.39 is 5.79 Å². The summed E-state index contributed by atoms with van der Waals surface area (Å²) in [4.78, 5) is 14.7. The molecule has 2 heterocycles. The summed E-state index contributed by atoms with van der Waals surface area (Å²) in [7, 11) is 0. The first kappa shape index (κ1) is 16.7. The third-order valence-corrected chi connectivity index (χ3v) is 4.80. The van der Waals surface area contributed by atoms with E-state index in [1.807, 2.05) is 12.1 Å². The van der Waals surface area contributed by atoms with Gasteiger partial charge in [-0.05, 0) is 24.6 Å². The molecule has 0 aliphatic carbocycles. The van der Waals surface area contributed by atoms with Crippen LogP contribution in [-0.2, 0) is 20.1 Å². The van der Waals surface area contributed by atoms with Crippen molar-refractivity contribution >= 4 is 23.2 Å². The lowest BCUT2D eigenvalue weighted by atomic mass is 10.1. The molecule has 1 fully saturated rings. The van der Waals surface area contributed by atoms with Gasteiger partial charge in [-0.1, -0.05) is 50.6 Å². The van der Waals surface area contributed by atoms with Gasteiger partial charge in [-0.2, -0.15) is 0 Å². The van der Waals surface area contributed by atoms with Crippen LogP contribution in [0.4, 0.5) is 5.69 Å². The lowest BCUT2D eigenvalue weighted by Crippen LogP contribution is -2.41. The van der Waals surface area contributed by atoms with Crippen LogP contribution in [0.2, 0.25) is 5.02 Å². The van der Waals surface area contributed by atoms with E-state index in [0.29, 0.717) is 24.8 Å². The maximum absolute atomic E-state index is 12.9. The first-order valence-corrected chi connectivity index (χ1v) is 8.97. The van der Waals surface area contributed by atoms with Gasteiger partial charge < -0.3 is 14.4 Å². The molecule has 1 aromatic carbocycles. The van der Waals surface area contributed by atoms with Crippen LogP contribution < -0.4 is 4.90 Å². The largest absolute Gasteiger partial charge is 0.336 e. The van der Waals surface area contributed by atoms with Crippen LogP contribution >= 0.6 is 11.6 Å². The van der Waals surface area contributed by atoms with Crippen molar-refractivity contribution in [1.82, 2.24) is 0 Å². The van der Waals surface area contributed by atoms with Gasteiger partial charge in [0, 0.05) is 17.1 Å². The Morgan fingerprint density at radius 1 is 1.13 bits per heavy atom. The fourth-order valence-electron chi connectivity index (χ4n) is 3.37. The van der Waals surface area contributed by atoms with Crippen molar-refractivity contribution in [1.29, 1.82) is 0 Å². The van der Waals surface area contributed by atoms with Gasteiger partial charge in [0.05, 0.1) is 18.9 Å². The van der Waals surface area contributed by atoms with Crippen molar-refractivity contribution in [3.05, 3.63) is 28.8 Å². The molecule has 1 saturated heterocycles. The summed E-state index contributed by atoms with van der Waals surface area (Å²) in [6.07, 6.45) is 7.16. The SMILES string of the molecule is CCCCCCCCN1C(=O)C2(OCCO2)c2cc(Cl)ccc21. The third kappa shape index (κ3) is 3.12. The van der Waals surface area contributed by atoms with Gasteiger partial charge >= 0.3 is 0 Å². The second kappa shape index (κ2) is 7.20. The number of hydrogen-bond donors (Lipinski definition) is 0. The summed E-state index contributed by atoms with van der Waals surface area (Å²) >= 11 is 6.11. The summed E-state index contributed by atoms with van der Waals surface area (Å²) in [6, 6.07) is 5.50. The Bertz CT molecular complexity index is 569. The monoisotopic (exact) mass is 337 g/mol. The van der Waals surface area contributed by atoms with Crippen molar-refractivity contribution in [3.8, 4) is 0 Å². The third-order valence-electron chi connectivity index (χ3n) is 4.56. The molecule has 2 aliphatic heterocycles. The topological polar surface area (TPSA) is 38.8 Å². The molecule has 5 heteroatoms. The molecule has 0 unspecified atom stereocenters. The van der Waals surface area contributed by atoms with E-state index in [9.17, 15) is 4.79 Å². The average molecular weight is 338 g/mol. The van der Waals surface area contributed by atoms with E-state index in [-0.39, 0.29) is 5.91 Å². The van der Waals surface area contributed by atoms with Gasteiger partial charge in [0.1, 0.15) is 0 Å². The summed E-state index contributed by atoms with van der Waals surface area (Å²) < 4.78 is 11.4. The van der Waals surface area contributed by atoms with Crippen LogP contribution in [-0.4, -0.2) is 25.7 Å². The summed E-state index contributed by atoms with van der Waals surface area (Å²) in [5.41, 5.74) is 1.62. The Kier molecular flexibility index (Phi) is 5.24. The van der Waals surface area contributed by atoms with Crippen LogP contribution in [0, 0.1) is 0 Å². The molecule has 23 heavy (non-hydrogen) atoms. The molecule has 2 aliphatic rings. The van der Waals surface area contributed by atoms with Gasteiger partial charge in [0.15, 0.2) is 0 Å². The number of unbranched alkanes of at least 4 members (excludes halogenated alkanes) is 5. The highest BCUT2D eigenvalue weighted by atomic mass is 35.5. The molecule has 126 valence electrons. The lowest BCUT2D eigenvalue weighted by Gasteiger charge is -2.22. The van der Waals surface area contributed by atoms with Crippen LogP contribution in [0.5, 0.6) is 0 Å². The number of halogens is 1. The lowest BCUT2D eigenvalue weighted by molar-refractivity contribution is -0.180. The second-order valence-electron chi connectivity index (χ2n) is 6.20. The summed E-state index contributed by atoms with van der Waals surface area (Å²) in [6.45, 7) is 3.78. The zero-order valence-electron chi connectivity index (χ0n) is 13.6. The first-order valence-electron chi connectivity index (χ1n) is 8.59. The number of ether oxygens (including phenoxy) is 2. The number of benzene rings is 1. The molecular formula is C18H24ClNO3. The summed E-state index contributed by atoms with van der Waals surface area (Å²) in [5, 5.41) is 0.594. The van der Waals surface area contributed by atoms with E-state index in [0.717, 1.165) is 24.1 Å². The predicted molar refractivity (Wildman–Crippen MR) is 90.8 cm³/mol. The molecular weight excluding hydrogens is 314 g/mol. The van der Waals surface area contributed by atoms with E-state index >= 15 is 0 Å². The Morgan fingerprint density at radius 3 is 2.57 bits per heavy atom. The van der Waals surface area contributed by atoms with Crippen LogP contribution in [0.3, 0.4) is 0 Å². The molecule has 3 rings (SSSR count). The highest BCUT2D eigenvalue weighted by Crippen LogP contribution is 2.46. The van der Waals surface area contributed by atoms with Crippen LogP contribution in [0.25, 0.3) is 0 Å². The van der Waals surface area contributed by atoms with Gasteiger partial charge in [-0.15, -0.1) is 0 Å². The molecule has 0 atom stereocenters. The number of amides is 1. The molecule has 1 amide bonds. The molecule has 0 saturated carbocycles. The number of rotatable bonds is 7. The molecule has 1 aromatic rings. The minimum absolute atomic E-state index is 0.110. The minimum atomic E-state index is -1.26. The molecule has 0 aromatic heterocycles. The number of fused-ring (bicyclic) bond motifs is 2. The van der Waals surface area contributed by atoms with E-state index in [2.05, 4.69) is 6.92 Å². The first-order chi connectivity index (χ1) is 11.2. The van der Waals surface area contributed by atoms with E-state index in [1.54, 1.807) is 11.0 Å². The fourth-order valence-corrected chi connectivity index (χ4v) is 3.55. The van der Waals surface area contributed by atoms with Gasteiger partial charge in [-0.3, -0.25) is 4.79 Å². The zero-order valence-corrected chi connectivity index (χ0v) is 14.4. The quantitative estimate of drug-likeness (QED) is 0.698. The van der Waals surface area contributed by atoms with Gasteiger partial charge in [-0.25, -0.2) is 0 Å². The van der Waals surface area contributed by atoms with E-state index in [1.165, 1.54) is 25.7 Å². The predicted octanol–water partition coefficient (Wildman–Crippen LogP) is 4.25. The zero-order chi connectivity index (χ0) is 16.3. The number of nitrogens with zero attached hydrogens (tertiary/aromatic N) is 1. The molecule has 0 N–H and O–H groups in total. The van der Waals surface area contributed by atoms with Crippen molar-refractivity contribution in [2.75, 3.05) is 24.7 Å². The summed E-state index contributed by atoms with van der Waals surface area (Å²) in [5.74, 6) is -1.37. The highest BCUT2D eigenvalue weighted by molar-refractivity contribution is 6.31. The van der Waals surface area contributed by atoms with Gasteiger partial charge in [0.2, 0.25) is 0 Å². The smallest absolute Gasteiger partial charge is 0.292 e. The van der Waals surface area contributed by atoms with Crippen LogP contribution in [0.15, 0.2) is 18.2 Å². The Labute approximate surface area is 142 Å². The van der Waals surface area contributed by atoms with Crippen molar-refractivity contribution in [2.45, 2.75) is 51.2 Å². The van der Waals surface area contributed by atoms with Crippen molar-refractivity contribution in [3.63, 3.8) is 0 Å². The average Bonchev–Trinajstić information content (AvgIpc) is 3.12. The molecule has 0 radical (unpaired) electrons. The number of carbonyl (C=O) groups excluding carboxylic acids is 1.